The second-order valence-electron chi connectivity index (χ2n) is 5.83. The Bertz CT molecular complexity index is 944. The van der Waals surface area contributed by atoms with E-state index in [1.807, 2.05) is 36.7 Å². The summed E-state index contributed by atoms with van der Waals surface area (Å²) in [5, 5.41) is 10.5. The van der Waals surface area contributed by atoms with E-state index in [0.717, 1.165) is 21.6 Å². The minimum Gasteiger partial charge on any atom is -0.326 e. The van der Waals surface area contributed by atoms with Crippen molar-refractivity contribution in [2.45, 2.75) is 33.7 Å². The molecule has 2 amide bonds. The van der Waals surface area contributed by atoms with Crippen LogP contribution in [0.1, 0.15) is 24.7 Å². The van der Waals surface area contributed by atoms with Crippen molar-refractivity contribution in [3.63, 3.8) is 0 Å². The van der Waals surface area contributed by atoms with Gasteiger partial charge in [0, 0.05) is 31.3 Å². The normalized spacial score (nSPS) is 10.8. The Labute approximate surface area is 149 Å². The summed E-state index contributed by atoms with van der Waals surface area (Å²) >= 11 is 1.38. The molecule has 2 N–H and O–H groups in total. The number of amides is 2. The number of nitrogens with zero attached hydrogens (tertiary/aromatic N) is 3. The molecule has 2 heterocycles. The highest BCUT2D eigenvalue weighted by atomic mass is 32.1. The highest BCUT2D eigenvalue weighted by molar-refractivity contribution is 7.22. The highest BCUT2D eigenvalue weighted by Crippen LogP contribution is 2.28. The molecule has 0 bridgehead atoms. The van der Waals surface area contributed by atoms with Gasteiger partial charge in [0.25, 0.3) is 0 Å². The van der Waals surface area contributed by atoms with Gasteiger partial charge in [0.1, 0.15) is 0 Å². The van der Waals surface area contributed by atoms with Crippen LogP contribution in [0.3, 0.4) is 0 Å². The van der Waals surface area contributed by atoms with Crippen LogP contribution >= 0.6 is 11.3 Å². The van der Waals surface area contributed by atoms with Crippen molar-refractivity contribution in [2.24, 2.45) is 0 Å². The number of thiazole rings is 1. The molecule has 2 aromatic heterocycles. The van der Waals surface area contributed by atoms with E-state index in [0.29, 0.717) is 23.8 Å². The van der Waals surface area contributed by atoms with E-state index >= 15 is 0 Å². The van der Waals surface area contributed by atoms with Gasteiger partial charge < -0.3 is 10.6 Å². The van der Waals surface area contributed by atoms with Gasteiger partial charge in [-0.1, -0.05) is 11.3 Å². The Kier molecular flexibility index (Phi) is 4.80. The molecule has 0 aliphatic heterocycles. The van der Waals surface area contributed by atoms with Crippen LogP contribution in [-0.2, 0) is 16.1 Å². The zero-order valence-electron chi connectivity index (χ0n) is 14.3. The van der Waals surface area contributed by atoms with Crippen LogP contribution in [0, 0.1) is 13.8 Å². The summed E-state index contributed by atoms with van der Waals surface area (Å²) in [6, 6.07) is 7.44. The molecule has 25 heavy (non-hydrogen) atoms. The molecular weight excluding hydrogens is 338 g/mol. The van der Waals surface area contributed by atoms with Gasteiger partial charge >= 0.3 is 0 Å². The van der Waals surface area contributed by atoms with Gasteiger partial charge in [0.15, 0.2) is 5.13 Å². The molecule has 0 radical (unpaired) electrons. The summed E-state index contributed by atoms with van der Waals surface area (Å²) in [4.78, 5) is 27.7. The summed E-state index contributed by atoms with van der Waals surface area (Å²) < 4.78 is 2.73. The Balaban J connectivity index is 1.64. The number of carbonyl (C=O) groups excluding carboxylic acids is 2. The summed E-state index contributed by atoms with van der Waals surface area (Å²) in [5.74, 6) is -0.227. The summed E-state index contributed by atoms with van der Waals surface area (Å²) in [6.07, 6.45) is 0.328. The van der Waals surface area contributed by atoms with Crippen LogP contribution in [-0.4, -0.2) is 26.6 Å². The Hall–Kier alpha value is -2.74. The Morgan fingerprint density at radius 3 is 2.68 bits per heavy atom. The predicted molar refractivity (Wildman–Crippen MR) is 98.9 cm³/mol. The number of nitrogens with one attached hydrogen (secondary N) is 2. The predicted octanol–water partition coefficient (Wildman–Crippen LogP) is 3.10. The van der Waals surface area contributed by atoms with Crippen molar-refractivity contribution in [2.75, 3.05) is 10.6 Å². The fraction of sp³-hybridized carbons (Fsp3) is 0.294. The average molecular weight is 357 g/mol. The first-order valence-electron chi connectivity index (χ1n) is 7.90. The van der Waals surface area contributed by atoms with Gasteiger partial charge in [-0.05, 0) is 38.1 Å². The van der Waals surface area contributed by atoms with E-state index < -0.39 is 0 Å². The van der Waals surface area contributed by atoms with Crippen molar-refractivity contribution in [1.82, 2.24) is 14.8 Å². The molecule has 0 atom stereocenters. The minimum atomic E-state index is -0.124. The maximum absolute atomic E-state index is 12.2. The van der Waals surface area contributed by atoms with Gasteiger partial charge in [0.2, 0.25) is 11.8 Å². The molecule has 0 saturated carbocycles. The van der Waals surface area contributed by atoms with E-state index in [4.69, 9.17) is 0 Å². The van der Waals surface area contributed by atoms with E-state index in [-0.39, 0.29) is 11.8 Å². The number of fused-ring (bicyclic) bond motifs is 1. The smallest absolute Gasteiger partial charge is 0.228 e. The third-order valence-corrected chi connectivity index (χ3v) is 4.54. The zero-order chi connectivity index (χ0) is 18.0. The van der Waals surface area contributed by atoms with Gasteiger partial charge in [-0.2, -0.15) is 5.10 Å². The first kappa shape index (κ1) is 17.1. The SMILES string of the molecule is CC(=O)Nc1ccc2nc(NC(=O)CCn3nc(C)cc3C)sc2c1. The van der Waals surface area contributed by atoms with Crippen molar-refractivity contribution in [1.29, 1.82) is 0 Å². The van der Waals surface area contributed by atoms with Crippen LogP contribution < -0.4 is 10.6 Å². The topological polar surface area (TPSA) is 88.9 Å². The number of rotatable bonds is 5. The first-order chi connectivity index (χ1) is 11.9. The molecule has 0 aliphatic carbocycles. The summed E-state index contributed by atoms with van der Waals surface area (Å²) in [6.45, 7) is 5.90. The third kappa shape index (κ3) is 4.21. The van der Waals surface area contributed by atoms with Crippen molar-refractivity contribution >= 4 is 44.2 Å². The standard InChI is InChI=1S/C17H19N5O2S/c1-10-8-11(2)22(21-10)7-6-16(24)20-17-19-14-5-4-13(18-12(3)23)9-15(14)25-17/h4-5,8-9H,6-7H2,1-3H3,(H,18,23)(H,19,20,24). The Morgan fingerprint density at radius 1 is 1.20 bits per heavy atom. The molecule has 3 aromatic rings. The van der Waals surface area contributed by atoms with E-state index in [9.17, 15) is 9.59 Å². The molecular formula is C17H19N5O2S. The lowest BCUT2D eigenvalue weighted by molar-refractivity contribution is -0.116. The number of hydrogen-bond acceptors (Lipinski definition) is 5. The van der Waals surface area contributed by atoms with Gasteiger partial charge in [-0.3, -0.25) is 14.3 Å². The molecule has 8 heteroatoms. The quantitative estimate of drug-likeness (QED) is 0.734. The Morgan fingerprint density at radius 2 is 2.00 bits per heavy atom. The molecule has 0 unspecified atom stereocenters. The van der Waals surface area contributed by atoms with Crippen LogP contribution in [0.5, 0.6) is 0 Å². The molecule has 0 aliphatic rings. The highest BCUT2D eigenvalue weighted by Gasteiger charge is 2.10. The number of carbonyl (C=O) groups is 2. The van der Waals surface area contributed by atoms with Gasteiger partial charge in [-0.25, -0.2) is 4.98 Å². The number of anilines is 2. The lowest BCUT2D eigenvalue weighted by Gasteiger charge is -2.04. The number of aryl methyl sites for hydroxylation is 3. The number of aromatic nitrogens is 3. The van der Waals surface area contributed by atoms with Crippen LogP contribution in [0.15, 0.2) is 24.3 Å². The van der Waals surface area contributed by atoms with E-state index in [1.54, 1.807) is 6.07 Å². The lowest BCUT2D eigenvalue weighted by atomic mass is 10.3. The molecule has 7 nitrogen and oxygen atoms in total. The maximum Gasteiger partial charge on any atom is 0.228 e. The van der Waals surface area contributed by atoms with E-state index in [1.165, 1.54) is 18.3 Å². The zero-order valence-corrected chi connectivity index (χ0v) is 15.1. The van der Waals surface area contributed by atoms with Crippen molar-refractivity contribution in [3.05, 3.63) is 35.7 Å². The van der Waals surface area contributed by atoms with Crippen molar-refractivity contribution in [3.8, 4) is 0 Å². The summed E-state index contributed by atoms with van der Waals surface area (Å²) in [7, 11) is 0. The molecule has 0 fully saturated rings. The second kappa shape index (κ2) is 7.02. The van der Waals surface area contributed by atoms with Gasteiger partial charge in [0.05, 0.1) is 15.9 Å². The molecule has 130 valence electrons. The fourth-order valence-corrected chi connectivity index (χ4v) is 3.47. The lowest BCUT2D eigenvalue weighted by Crippen LogP contribution is -2.15. The molecule has 0 saturated heterocycles. The number of benzene rings is 1. The monoisotopic (exact) mass is 357 g/mol. The molecule has 3 rings (SSSR count). The molecule has 1 aromatic carbocycles. The third-order valence-electron chi connectivity index (χ3n) is 3.61. The first-order valence-corrected chi connectivity index (χ1v) is 8.71. The van der Waals surface area contributed by atoms with Crippen LogP contribution in [0.4, 0.5) is 10.8 Å². The average Bonchev–Trinajstić information content (AvgIpc) is 3.06. The maximum atomic E-state index is 12.2. The fourth-order valence-electron chi connectivity index (χ4n) is 2.55. The number of hydrogen-bond donors (Lipinski definition) is 2. The van der Waals surface area contributed by atoms with Crippen LogP contribution in [0.25, 0.3) is 10.2 Å². The van der Waals surface area contributed by atoms with Crippen molar-refractivity contribution < 1.29 is 9.59 Å². The van der Waals surface area contributed by atoms with E-state index in [2.05, 4.69) is 20.7 Å². The van der Waals surface area contributed by atoms with Crippen LogP contribution in [0.2, 0.25) is 0 Å². The second-order valence-corrected chi connectivity index (χ2v) is 6.86. The molecule has 0 spiro atoms. The minimum absolute atomic E-state index is 0.103. The summed E-state index contributed by atoms with van der Waals surface area (Å²) in [5.41, 5.74) is 3.48. The largest absolute Gasteiger partial charge is 0.326 e. The van der Waals surface area contributed by atoms with Gasteiger partial charge in [-0.15, -0.1) is 0 Å².